The Morgan fingerprint density at radius 2 is 2.16 bits per heavy atom. The third kappa shape index (κ3) is 3.30. The van der Waals surface area contributed by atoms with Crippen LogP contribution in [0.5, 0.6) is 0 Å². The Hall–Kier alpha value is -1.93. The minimum atomic E-state index is -1.05. The van der Waals surface area contributed by atoms with Crippen molar-refractivity contribution < 1.29 is 14.3 Å². The van der Waals surface area contributed by atoms with Gasteiger partial charge in [-0.3, -0.25) is 9.69 Å². The molecule has 0 radical (unpaired) electrons. The summed E-state index contributed by atoms with van der Waals surface area (Å²) in [4.78, 5) is 13.0. The minimum absolute atomic E-state index is 0.236. The molecule has 4 nitrogen and oxygen atoms in total. The van der Waals surface area contributed by atoms with Gasteiger partial charge in [0.25, 0.3) is 0 Å². The van der Waals surface area contributed by atoms with Crippen LogP contribution >= 0.6 is 0 Å². The van der Waals surface area contributed by atoms with Gasteiger partial charge < -0.3 is 5.11 Å². The summed E-state index contributed by atoms with van der Waals surface area (Å²) in [7, 11) is 0. The highest BCUT2D eigenvalue weighted by Gasteiger charge is 2.33. The molecule has 5 heteroatoms. The Morgan fingerprint density at radius 1 is 1.53 bits per heavy atom. The molecule has 0 aliphatic rings. The Kier molecular flexibility index (Phi) is 4.62. The van der Waals surface area contributed by atoms with Gasteiger partial charge in [0.15, 0.2) is 0 Å². The van der Waals surface area contributed by atoms with Crippen LogP contribution in [0.25, 0.3) is 0 Å². The summed E-state index contributed by atoms with van der Waals surface area (Å²) in [5, 5.41) is 18.2. The minimum Gasteiger partial charge on any atom is -0.480 e. The fourth-order valence-corrected chi connectivity index (χ4v) is 1.84. The van der Waals surface area contributed by atoms with E-state index in [0.717, 1.165) is 6.07 Å². The second-order valence-corrected chi connectivity index (χ2v) is 4.79. The number of nitriles is 1. The molecule has 1 rings (SSSR count). The van der Waals surface area contributed by atoms with Crippen LogP contribution < -0.4 is 0 Å². The number of hydrogen-bond acceptors (Lipinski definition) is 3. The number of halogens is 1. The van der Waals surface area contributed by atoms with E-state index in [9.17, 15) is 14.3 Å². The molecule has 0 aliphatic carbocycles. The van der Waals surface area contributed by atoms with Gasteiger partial charge in [0.1, 0.15) is 11.4 Å². The molecule has 0 heterocycles. The zero-order valence-corrected chi connectivity index (χ0v) is 11.3. The van der Waals surface area contributed by atoms with E-state index in [2.05, 4.69) is 0 Å². The SMILES string of the molecule is CCN(Cc1ccc(F)cc1C#N)C(C)(C)C(=O)O. The lowest BCUT2D eigenvalue weighted by atomic mass is 10.0. The highest BCUT2D eigenvalue weighted by atomic mass is 19.1. The van der Waals surface area contributed by atoms with Crippen LogP contribution in [0.1, 0.15) is 31.9 Å². The van der Waals surface area contributed by atoms with Crippen molar-refractivity contribution in [3.8, 4) is 6.07 Å². The summed E-state index contributed by atoms with van der Waals surface area (Å²) in [6, 6.07) is 5.89. The average molecular weight is 264 g/mol. The van der Waals surface area contributed by atoms with Crippen molar-refractivity contribution in [1.82, 2.24) is 4.90 Å². The Morgan fingerprint density at radius 3 is 2.63 bits per heavy atom. The Bertz CT molecular complexity index is 521. The Balaban J connectivity index is 3.07. The van der Waals surface area contributed by atoms with E-state index in [-0.39, 0.29) is 5.56 Å². The van der Waals surface area contributed by atoms with E-state index >= 15 is 0 Å². The number of likely N-dealkylation sites (N-methyl/N-ethyl adjacent to an activating group) is 1. The summed E-state index contributed by atoms with van der Waals surface area (Å²) in [6.45, 7) is 5.86. The van der Waals surface area contributed by atoms with Crippen molar-refractivity contribution >= 4 is 5.97 Å². The molecule has 1 aromatic carbocycles. The predicted molar refractivity (Wildman–Crippen MR) is 68.9 cm³/mol. The first-order valence-electron chi connectivity index (χ1n) is 6.00. The molecule has 102 valence electrons. The van der Waals surface area contributed by atoms with Gasteiger partial charge in [0, 0.05) is 6.54 Å². The van der Waals surface area contributed by atoms with Gasteiger partial charge in [-0.1, -0.05) is 13.0 Å². The quantitative estimate of drug-likeness (QED) is 0.886. The average Bonchev–Trinajstić information content (AvgIpc) is 2.36. The number of nitrogens with zero attached hydrogens (tertiary/aromatic N) is 2. The molecule has 0 fully saturated rings. The normalized spacial score (nSPS) is 11.4. The first kappa shape index (κ1) is 15.1. The zero-order chi connectivity index (χ0) is 14.6. The second-order valence-electron chi connectivity index (χ2n) is 4.79. The summed E-state index contributed by atoms with van der Waals surface area (Å²) < 4.78 is 13.1. The molecule has 19 heavy (non-hydrogen) atoms. The lowest BCUT2D eigenvalue weighted by Gasteiger charge is -2.34. The molecule has 0 atom stereocenters. The maximum atomic E-state index is 13.1. The lowest BCUT2D eigenvalue weighted by molar-refractivity contribution is -0.149. The van der Waals surface area contributed by atoms with E-state index in [1.807, 2.05) is 13.0 Å². The molecule has 1 N–H and O–H groups in total. The molecule has 0 spiro atoms. The van der Waals surface area contributed by atoms with Gasteiger partial charge in [-0.2, -0.15) is 5.26 Å². The molecule has 0 saturated heterocycles. The Labute approximate surface area is 112 Å². The first-order chi connectivity index (χ1) is 8.82. The fraction of sp³-hybridized carbons (Fsp3) is 0.429. The largest absolute Gasteiger partial charge is 0.480 e. The predicted octanol–water partition coefficient (Wildman–Crippen LogP) is 2.38. The number of hydrogen-bond donors (Lipinski definition) is 1. The molecule has 0 aromatic heterocycles. The van der Waals surface area contributed by atoms with Crippen LogP contribution in [0.2, 0.25) is 0 Å². The molecule has 1 aromatic rings. The van der Waals surface area contributed by atoms with Crippen molar-refractivity contribution in [2.24, 2.45) is 0 Å². The van der Waals surface area contributed by atoms with Gasteiger partial charge in [0.2, 0.25) is 0 Å². The summed E-state index contributed by atoms with van der Waals surface area (Å²) in [5.41, 5.74) is -0.185. The van der Waals surface area contributed by atoms with Crippen LogP contribution in [0.15, 0.2) is 18.2 Å². The number of carbonyl (C=O) groups is 1. The lowest BCUT2D eigenvalue weighted by Crippen LogP contribution is -2.49. The molecule has 0 amide bonds. The van der Waals surface area contributed by atoms with Crippen molar-refractivity contribution in [2.75, 3.05) is 6.54 Å². The monoisotopic (exact) mass is 264 g/mol. The van der Waals surface area contributed by atoms with E-state index in [0.29, 0.717) is 18.7 Å². The number of carboxylic acid groups (broad SMARTS) is 1. The molecule has 0 aliphatic heterocycles. The van der Waals surface area contributed by atoms with Crippen molar-refractivity contribution in [3.63, 3.8) is 0 Å². The molecular formula is C14H17FN2O2. The molecular weight excluding hydrogens is 247 g/mol. The second kappa shape index (κ2) is 5.81. The molecule has 0 bridgehead atoms. The van der Waals surface area contributed by atoms with E-state index in [1.54, 1.807) is 18.7 Å². The summed E-state index contributed by atoms with van der Waals surface area (Å²) in [6.07, 6.45) is 0. The topological polar surface area (TPSA) is 64.3 Å². The number of rotatable bonds is 5. The van der Waals surface area contributed by atoms with Gasteiger partial charge in [0.05, 0.1) is 11.6 Å². The summed E-state index contributed by atoms with van der Waals surface area (Å²) in [5.74, 6) is -1.41. The number of carboxylic acids is 1. The highest BCUT2D eigenvalue weighted by molar-refractivity contribution is 5.77. The van der Waals surface area contributed by atoms with Crippen LogP contribution in [0, 0.1) is 17.1 Å². The van der Waals surface area contributed by atoms with Gasteiger partial charge >= 0.3 is 5.97 Å². The third-order valence-corrected chi connectivity index (χ3v) is 3.25. The maximum Gasteiger partial charge on any atom is 0.323 e. The smallest absolute Gasteiger partial charge is 0.323 e. The van der Waals surface area contributed by atoms with Crippen LogP contribution in [0.4, 0.5) is 4.39 Å². The van der Waals surface area contributed by atoms with Crippen molar-refractivity contribution in [3.05, 3.63) is 35.1 Å². The summed E-state index contributed by atoms with van der Waals surface area (Å²) >= 11 is 0. The van der Waals surface area contributed by atoms with Crippen LogP contribution in [-0.2, 0) is 11.3 Å². The van der Waals surface area contributed by atoms with Crippen molar-refractivity contribution in [1.29, 1.82) is 5.26 Å². The van der Waals surface area contributed by atoms with Gasteiger partial charge in [-0.25, -0.2) is 4.39 Å². The molecule has 0 saturated carbocycles. The number of benzene rings is 1. The van der Waals surface area contributed by atoms with Crippen molar-refractivity contribution in [2.45, 2.75) is 32.9 Å². The fourth-order valence-electron chi connectivity index (χ4n) is 1.84. The van der Waals surface area contributed by atoms with Crippen LogP contribution in [0.3, 0.4) is 0 Å². The standard InChI is InChI=1S/C14H17FN2O2/c1-4-17(14(2,3)13(18)19)9-10-5-6-12(15)7-11(10)8-16/h5-7H,4,9H2,1-3H3,(H,18,19). The maximum absolute atomic E-state index is 13.1. The van der Waals surface area contributed by atoms with E-state index < -0.39 is 17.3 Å². The number of aliphatic carboxylic acids is 1. The highest BCUT2D eigenvalue weighted by Crippen LogP contribution is 2.20. The van der Waals surface area contributed by atoms with E-state index in [1.165, 1.54) is 12.1 Å². The van der Waals surface area contributed by atoms with E-state index in [4.69, 9.17) is 5.26 Å². The molecule has 0 unspecified atom stereocenters. The van der Waals surface area contributed by atoms with Gasteiger partial charge in [-0.05, 0) is 38.1 Å². The zero-order valence-electron chi connectivity index (χ0n) is 11.3. The first-order valence-corrected chi connectivity index (χ1v) is 6.00. The third-order valence-electron chi connectivity index (χ3n) is 3.25. The van der Waals surface area contributed by atoms with Gasteiger partial charge in [-0.15, -0.1) is 0 Å². The van der Waals surface area contributed by atoms with Crippen LogP contribution in [-0.4, -0.2) is 28.1 Å².